The number of benzene rings is 2. The number of aromatic nitrogens is 3. The van der Waals surface area contributed by atoms with E-state index in [-0.39, 0.29) is 16.4 Å². The Morgan fingerprint density at radius 2 is 1.64 bits per heavy atom. The van der Waals surface area contributed by atoms with E-state index in [1.807, 2.05) is 36.7 Å². The van der Waals surface area contributed by atoms with Gasteiger partial charge in [-0.3, -0.25) is 4.79 Å². The summed E-state index contributed by atoms with van der Waals surface area (Å²) in [6, 6.07) is 16.0. The molecule has 8 nitrogen and oxygen atoms in total. The highest BCUT2D eigenvalue weighted by Gasteiger charge is 2.27. The lowest BCUT2D eigenvalue weighted by Crippen LogP contribution is -2.46. The van der Waals surface area contributed by atoms with Crippen LogP contribution in [0.15, 0.2) is 64.6 Å². The van der Waals surface area contributed by atoms with Crippen molar-refractivity contribution in [2.24, 2.45) is 0 Å². The van der Waals surface area contributed by atoms with E-state index in [1.54, 1.807) is 36.4 Å². The number of sulfonamides is 1. The molecule has 0 unspecified atom stereocenters. The van der Waals surface area contributed by atoms with Gasteiger partial charge in [0.15, 0.2) is 16.8 Å². The predicted molar refractivity (Wildman–Crippen MR) is 129 cm³/mol. The van der Waals surface area contributed by atoms with Crippen molar-refractivity contribution in [3.8, 4) is 11.4 Å². The minimum absolute atomic E-state index is 0.0336. The normalized spacial score (nSPS) is 15.6. The van der Waals surface area contributed by atoms with E-state index in [4.69, 9.17) is 0 Å². The molecule has 0 spiro atoms. The molecule has 33 heavy (non-hydrogen) atoms. The first-order valence-electron chi connectivity index (χ1n) is 10.8. The quantitative estimate of drug-likeness (QED) is 0.358. The molecule has 2 heterocycles. The van der Waals surface area contributed by atoms with E-state index in [9.17, 15) is 13.2 Å². The summed E-state index contributed by atoms with van der Waals surface area (Å²) in [6.45, 7) is 5.06. The molecule has 1 aromatic heterocycles. The van der Waals surface area contributed by atoms with Crippen LogP contribution in [0.4, 0.5) is 0 Å². The Kier molecular flexibility index (Phi) is 7.28. The number of rotatable bonds is 8. The number of ketones is 1. The highest BCUT2D eigenvalue weighted by molar-refractivity contribution is 7.99. The zero-order chi connectivity index (χ0) is 23.4. The molecule has 0 aliphatic carbocycles. The van der Waals surface area contributed by atoms with Gasteiger partial charge in [-0.2, -0.15) is 4.31 Å². The Morgan fingerprint density at radius 3 is 2.27 bits per heavy atom. The predicted octanol–water partition coefficient (Wildman–Crippen LogP) is 2.88. The van der Waals surface area contributed by atoms with Gasteiger partial charge in [0.2, 0.25) is 10.0 Å². The number of carbonyl (C=O) groups excluding carboxylic acids is 1. The first-order chi connectivity index (χ1) is 15.9. The second-order valence-corrected chi connectivity index (χ2v) is 10.7. The summed E-state index contributed by atoms with van der Waals surface area (Å²) in [5.74, 6) is 0.951. The second-order valence-electron chi connectivity index (χ2n) is 7.86. The van der Waals surface area contributed by atoms with E-state index < -0.39 is 10.0 Å². The lowest BCUT2D eigenvalue weighted by Gasteiger charge is -2.31. The molecule has 0 atom stereocenters. The minimum atomic E-state index is -3.52. The smallest absolute Gasteiger partial charge is 0.243 e. The number of likely N-dealkylation sites (N-methyl/N-ethyl adjacent to an activating group) is 1. The van der Waals surface area contributed by atoms with E-state index >= 15 is 0 Å². The van der Waals surface area contributed by atoms with E-state index in [0.717, 1.165) is 18.7 Å². The Labute approximate surface area is 198 Å². The number of hydrogen-bond donors (Lipinski definition) is 0. The Morgan fingerprint density at radius 1 is 0.970 bits per heavy atom. The van der Waals surface area contributed by atoms with Gasteiger partial charge in [0, 0.05) is 43.9 Å². The zero-order valence-corrected chi connectivity index (χ0v) is 20.3. The molecule has 3 aromatic rings. The number of nitrogens with zero attached hydrogens (tertiary/aromatic N) is 5. The van der Waals surface area contributed by atoms with Crippen LogP contribution in [0.5, 0.6) is 0 Å². The Balaban J connectivity index is 1.49. The third-order valence-electron chi connectivity index (χ3n) is 5.67. The van der Waals surface area contributed by atoms with Crippen molar-refractivity contribution in [1.29, 1.82) is 0 Å². The van der Waals surface area contributed by atoms with Crippen LogP contribution in [0, 0.1) is 0 Å². The largest absolute Gasteiger partial charge is 0.304 e. The molecule has 2 aromatic carbocycles. The summed E-state index contributed by atoms with van der Waals surface area (Å²) < 4.78 is 29.4. The SMILES string of the molecule is CCn1c(SCC(=O)c2ccccc2)nnc1-c1ccc(S(=O)(=O)N2CCN(C)CC2)cc1. The summed E-state index contributed by atoms with van der Waals surface area (Å²) in [7, 11) is -1.52. The Hall–Kier alpha value is -2.53. The maximum absolute atomic E-state index is 13.0. The van der Waals surface area contributed by atoms with Gasteiger partial charge >= 0.3 is 0 Å². The van der Waals surface area contributed by atoms with Crippen molar-refractivity contribution >= 4 is 27.6 Å². The summed E-state index contributed by atoms with van der Waals surface area (Å²) >= 11 is 1.35. The summed E-state index contributed by atoms with van der Waals surface area (Å²) in [5.41, 5.74) is 1.45. The molecule has 0 saturated carbocycles. The van der Waals surface area contributed by atoms with E-state index in [1.165, 1.54) is 16.1 Å². The van der Waals surface area contributed by atoms with E-state index in [0.29, 0.717) is 36.2 Å². The molecule has 1 saturated heterocycles. The average molecular weight is 486 g/mol. The first kappa shape index (κ1) is 23.6. The van der Waals surface area contributed by atoms with Crippen LogP contribution in [0.25, 0.3) is 11.4 Å². The number of piperazine rings is 1. The fourth-order valence-corrected chi connectivity index (χ4v) is 6.00. The molecule has 1 aliphatic rings. The third kappa shape index (κ3) is 5.19. The molecular formula is C23H27N5O3S2. The second kappa shape index (κ2) is 10.2. The van der Waals surface area contributed by atoms with Gasteiger partial charge in [0.25, 0.3) is 0 Å². The van der Waals surface area contributed by atoms with Gasteiger partial charge in [0.05, 0.1) is 10.6 Å². The molecule has 174 valence electrons. The van der Waals surface area contributed by atoms with Gasteiger partial charge in [-0.15, -0.1) is 10.2 Å². The van der Waals surface area contributed by atoms with Gasteiger partial charge < -0.3 is 9.47 Å². The van der Waals surface area contributed by atoms with Gasteiger partial charge in [0.1, 0.15) is 0 Å². The van der Waals surface area contributed by atoms with Crippen molar-refractivity contribution in [2.75, 3.05) is 39.0 Å². The van der Waals surface area contributed by atoms with Gasteiger partial charge in [-0.05, 0) is 38.2 Å². The van der Waals surface area contributed by atoms with Crippen LogP contribution in [0.2, 0.25) is 0 Å². The standard InChI is InChI=1S/C23H27N5O3S2/c1-3-28-22(24-25-23(28)32-17-21(29)18-7-5-4-6-8-18)19-9-11-20(12-10-19)33(30,31)27-15-13-26(2)14-16-27/h4-12H,3,13-17H2,1-2H3. The molecule has 0 radical (unpaired) electrons. The van der Waals surface area contributed by atoms with Crippen molar-refractivity contribution in [2.45, 2.75) is 23.5 Å². The molecule has 0 amide bonds. The Bertz CT molecular complexity index is 1200. The van der Waals surface area contributed by atoms with Gasteiger partial charge in [-0.25, -0.2) is 8.42 Å². The zero-order valence-electron chi connectivity index (χ0n) is 18.7. The molecule has 0 bridgehead atoms. The highest BCUT2D eigenvalue weighted by atomic mass is 32.2. The first-order valence-corrected chi connectivity index (χ1v) is 13.3. The number of Topliss-reactive ketones (excluding diaryl/α,β-unsaturated/α-hetero) is 1. The van der Waals surface area contributed by atoms with Crippen LogP contribution in [0.1, 0.15) is 17.3 Å². The fraction of sp³-hybridized carbons (Fsp3) is 0.348. The van der Waals surface area contributed by atoms with Crippen molar-refractivity contribution in [3.63, 3.8) is 0 Å². The fourth-order valence-electron chi connectivity index (χ4n) is 3.69. The number of hydrogen-bond acceptors (Lipinski definition) is 7. The molecule has 10 heteroatoms. The molecular weight excluding hydrogens is 458 g/mol. The molecule has 1 fully saturated rings. The minimum Gasteiger partial charge on any atom is -0.304 e. The molecule has 1 aliphatic heterocycles. The molecule has 4 rings (SSSR count). The van der Waals surface area contributed by atoms with Crippen LogP contribution >= 0.6 is 11.8 Å². The maximum atomic E-state index is 13.0. The van der Waals surface area contributed by atoms with Crippen molar-refractivity contribution < 1.29 is 13.2 Å². The highest BCUT2D eigenvalue weighted by Crippen LogP contribution is 2.26. The van der Waals surface area contributed by atoms with Crippen LogP contribution in [-0.2, 0) is 16.6 Å². The van der Waals surface area contributed by atoms with Crippen molar-refractivity contribution in [3.05, 3.63) is 60.2 Å². The number of carbonyl (C=O) groups is 1. The van der Waals surface area contributed by atoms with Crippen LogP contribution in [-0.4, -0.2) is 77.2 Å². The summed E-state index contributed by atoms with van der Waals surface area (Å²) in [5, 5.41) is 9.24. The average Bonchev–Trinajstić information content (AvgIpc) is 3.26. The monoisotopic (exact) mass is 485 g/mol. The molecule has 0 N–H and O–H groups in total. The van der Waals surface area contributed by atoms with Crippen LogP contribution in [0.3, 0.4) is 0 Å². The van der Waals surface area contributed by atoms with Crippen molar-refractivity contribution in [1.82, 2.24) is 24.0 Å². The maximum Gasteiger partial charge on any atom is 0.243 e. The van der Waals surface area contributed by atoms with E-state index in [2.05, 4.69) is 15.1 Å². The lowest BCUT2D eigenvalue weighted by molar-refractivity contribution is 0.102. The summed E-state index contributed by atoms with van der Waals surface area (Å²) in [4.78, 5) is 14.8. The van der Waals surface area contributed by atoms with Gasteiger partial charge in [-0.1, -0.05) is 42.1 Å². The summed E-state index contributed by atoms with van der Waals surface area (Å²) in [6.07, 6.45) is 0. The third-order valence-corrected chi connectivity index (χ3v) is 8.55. The lowest BCUT2D eigenvalue weighted by atomic mass is 10.2. The van der Waals surface area contributed by atoms with Crippen LogP contribution < -0.4 is 0 Å². The number of thioether (sulfide) groups is 1. The topological polar surface area (TPSA) is 88.4 Å².